The van der Waals surface area contributed by atoms with Crippen LogP contribution < -0.4 is 4.90 Å². The smallest absolute Gasteiger partial charge is 0.0726 e. The quantitative estimate of drug-likeness (QED) is 0.196. The first-order chi connectivity index (χ1) is 22.2. The average Bonchev–Trinajstić information content (AvgIpc) is 3.57. The third kappa shape index (κ3) is 3.75. The molecule has 0 radical (unpaired) electrons. The predicted octanol–water partition coefficient (Wildman–Crippen LogP) is 11.8. The van der Waals surface area contributed by atoms with Gasteiger partial charge in [-0.15, -0.1) is 0 Å². The van der Waals surface area contributed by atoms with Crippen molar-refractivity contribution in [2.45, 2.75) is 5.41 Å². The van der Waals surface area contributed by atoms with E-state index in [-0.39, 0.29) is 0 Å². The van der Waals surface area contributed by atoms with Gasteiger partial charge in [-0.3, -0.25) is 0 Å². The van der Waals surface area contributed by atoms with Gasteiger partial charge in [-0.1, -0.05) is 139 Å². The van der Waals surface area contributed by atoms with Gasteiger partial charge in [0.1, 0.15) is 0 Å². The molecule has 1 spiro atoms. The van der Waals surface area contributed by atoms with Crippen molar-refractivity contribution in [3.63, 3.8) is 0 Å². The maximum absolute atomic E-state index is 6.83. The number of benzene rings is 7. The van der Waals surface area contributed by atoms with E-state index in [2.05, 4.69) is 169 Å². The molecule has 0 aromatic heterocycles. The Morgan fingerprint density at radius 1 is 0.400 bits per heavy atom. The summed E-state index contributed by atoms with van der Waals surface area (Å²) in [4.78, 5) is 2.40. The van der Waals surface area contributed by atoms with Gasteiger partial charge < -0.3 is 4.90 Å². The second-order valence-corrected chi connectivity index (χ2v) is 12.3. The minimum Gasteiger partial charge on any atom is -0.310 e. The number of halogens is 1. The van der Waals surface area contributed by atoms with Crippen molar-refractivity contribution in [2.24, 2.45) is 0 Å². The number of para-hydroxylation sites is 1. The summed E-state index contributed by atoms with van der Waals surface area (Å²) >= 11 is 6.83. The van der Waals surface area contributed by atoms with Gasteiger partial charge >= 0.3 is 0 Å². The molecule has 45 heavy (non-hydrogen) atoms. The normalized spacial score (nSPS) is 13.2. The van der Waals surface area contributed by atoms with E-state index in [1.807, 2.05) is 6.07 Å². The zero-order valence-corrected chi connectivity index (χ0v) is 25.2. The van der Waals surface area contributed by atoms with Gasteiger partial charge in [-0.25, -0.2) is 0 Å². The van der Waals surface area contributed by atoms with Crippen molar-refractivity contribution < 1.29 is 0 Å². The van der Waals surface area contributed by atoms with Crippen molar-refractivity contribution in [1.29, 1.82) is 0 Å². The van der Waals surface area contributed by atoms with Gasteiger partial charge in [0.25, 0.3) is 0 Å². The van der Waals surface area contributed by atoms with Crippen molar-refractivity contribution in [3.05, 3.63) is 197 Å². The molecule has 0 saturated carbocycles. The Bertz CT molecular complexity index is 2170. The van der Waals surface area contributed by atoms with Crippen molar-refractivity contribution in [2.75, 3.05) is 4.90 Å². The van der Waals surface area contributed by atoms with Crippen LogP contribution in [-0.4, -0.2) is 0 Å². The molecule has 0 saturated heterocycles. The number of rotatable bonds is 4. The van der Waals surface area contributed by atoms with Gasteiger partial charge in [0.15, 0.2) is 0 Å². The van der Waals surface area contributed by atoms with E-state index in [1.165, 1.54) is 55.6 Å². The van der Waals surface area contributed by atoms with Crippen LogP contribution in [0.5, 0.6) is 0 Å². The molecule has 0 fully saturated rings. The molecule has 9 rings (SSSR count). The highest BCUT2D eigenvalue weighted by Gasteiger charge is 2.52. The van der Waals surface area contributed by atoms with Crippen LogP contribution in [0, 0.1) is 0 Å². The maximum Gasteiger partial charge on any atom is 0.0726 e. The molecule has 0 heterocycles. The highest BCUT2D eigenvalue weighted by Crippen LogP contribution is 2.64. The van der Waals surface area contributed by atoms with Crippen LogP contribution >= 0.6 is 11.6 Å². The predicted molar refractivity (Wildman–Crippen MR) is 188 cm³/mol. The molecule has 0 atom stereocenters. The van der Waals surface area contributed by atoms with Crippen LogP contribution in [0.4, 0.5) is 17.1 Å². The third-order valence-corrected chi connectivity index (χ3v) is 9.78. The Balaban J connectivity index is 1.33. The molecule has 0 amide bonds. The van der Waals surface area contributed by atoms with Crippen LogP contribution in [0.25, 0.3) is 33.4 Å². The van der Waals surface area contributed by atoms with E-state index in [0.29, 0.717) is 0 Å². The molecule has 1 nitrogen and oxygen atoms in total. The van der Waals surface area contributed by atoms with Gasteiger partial charge in [0, 0.05) is 22.0 Å². The van der Waals surface area contributed by atoms with Crippen LogP contribution in [0.15, 0.2) is 170 Å². The summed E-state index contributed by atoms with van der Waals surface area (Å²) in [6.07, 6.45) is 0. The topological polar surface area (TPSA) is 3.24 Å². The average molecular weight is 594 g/mol. The van der Waals surface area contributed by atoms with E-state index in [0.717, 1.165) is 22.1 Å². The van der Waals surface area contributed by atoms with E-state index >= 15 is 0 Å². The lowest BCUT2D eigenvalue weighted by Gasteiger charge is -2.32. The lowest BCUT2D eigenvalue weighted by molar-refractivity contribution is 0.794. The van der Waals surface area contributed by atoms with Crippen LogP contribution in [0.3, 0.4) is 0 Å². The number of hydrogen-bond donors (Lipinski definition) is 0. The first kappa shape index (κ1) is 26.1. The molecular formula is C43H28ClN. The second-order valence-electron chi connectivity index (χ2n) is 11.8. The lowest BCUT2D eigenvalue weighted by Crippen LogP contribution is -2.26. The standard InChI is InChI=1S/C43H28ClN/c44-31-24-27-36-40(28-31)43(37-18-9-7-16-34(37)35-17-8-10-19-38(35)43)39-20-11-21-41(42(36)39)45(32-14-5-2-6-15-32)33-25-22-30(23-26-33)29-12-3-1-4-13-29/h1-28H. The second kappa shape index (κ2) is 10.1. The summed E-state index contributed by atoms with van der Waals surface area (Å²) < 4.78 is 0. The molecule has 2 aliphatic rings. The molecule has 2 aliphatic carbocycles. The number of hydrogen-bond acceptors (Lipinski definition) is 1. The molecular weight excluding hydrogens is 566 g/mol. The fourth-order valence-corrected chi connectivity index (χ4v) is 7.94. The Kier molecular flexibility index (Phi) is 5.84. The van der Waals surface area contributed by atoms with Crippen LogP contribution in [0.2, 0.25) is 5.02 Å². The van der Waals surface area contributed by atoms with Crippen LogP contribution in [0.1, 0.15) is 22.3 Å². The monoisotopic (exact) mass is 593 g/mol. The number of nitrogens with zero attached hydrogens (tertiary/aromatic N) is 1. The van der Waals surface area contributed by atoms with E-state index in [9.17, 15) is 0 Å². The largest absolute Gasteiger partial charge is 0.310 e. The van der Waals surface area contributed by atoms with Crippen molar-refractivity contribution in [3.8, 4) is 33.4 Å². The first-order valence-corrected chi connectivity index (χ1v) is 15.8. The highest BCUT2D eigenvalue weighted by atomic mass is 35.5. The SMILES string of the molecule is Clc1ccc2c(c1)C1(c3ccccc3-c3ccccc31)c1cccc(N(c3ccccc3)c3ccc(-c4ccccc4)cc3)c1-2. The third-order valence-electron chi connectivity index (χ3n) is 9.54. The number of fused-ring (bicyclic) bond motifs is 10. The molecule has 0 unspecified atom stereocenters. The van der Waals surface area contributed by atoms with E-state index < -0.39 is 5.41 Å². The fourth-order valence-electron chi connectivity index (χ4n) is 7.77. The molecule has 2 heteroatoms. The van der Waals surface area contributed by atoms with E-state index in [1.54, 1.807) is 0 Å². The Hall–Kier alpha value is -5.37. The summed E-state index contributed by atoms with van der Waals surface area (Å²) in [5.41, 5.74) is 15.5. The van der Waals surface area contributed by atoms with Gasteiger partial charge in [-0.05, 0) is 92.5 Å². The highest BCUT2D eigenvalue weighted by molar-refractivity contribution is 6.31. The van der Waals surface area contributed by atoms with Crippen molar-refractivity contribution in [1.82, 2.24) is 0 Å². The molecule has 7 aromatic rings. The summed E-state index contributed by atoms with van der Waals surface area (Å²) in [7, 11) is 0. The van der Waals surface area contributed by atoms with Gasteiger partial charge in [0.05, 0.1) is 11.1 Å². The maximum atomic E-state index is 6.83. The molecule has 212 valence electrons. The zero-order chi connectivity index (χ0) is 30.0. The molecule has 0 bridgehead atoms. The van der Waals surface area contributed by atoms with E-state index in [4.69, 9.17) is 11.6 Å². The Morgan fingerprint density at radius 3 is 1.64 bits per heavy atom. The summed E-state index contributed by atoms with van der Waals surface area (Å²) in [5.74, 6) is 0. The van der Waals surface area contributed by atoms with Gasteiger partial charge in [-0.2, -0.15) is 0 Å². The first-order valence-electron chi connectivity index (χ1n) is 15.4. The summed E-state index contributed by atoms with van der Waals surface area (Å²) in [6.45, 7) is 0. The zero-order valence-electron chi connectivity index (χ0n) is 24.5. The Morgan fingerprint density at radius 2 is 0.956 bits per heavy atom. The van der Waals surface area contributed by atoms with Gasteiger partial charge in [0.2, 0.25) is 0 Å². The lowest BCUT2D eigenvalue weighted by atomic mass is 9.70. The number of anilines is 3. The molecule has 0 N–H and O–H groups in total. The molecule has 7 aromatic carbocycles. The summed E-state index contributed by atoms with van der Waals surface area (Å²) in [5, 5.41) is 0.751. The summed E-state index contributed by atoms with van der Waals surface area (Å²) in [6, 6.07) is 61.2. The molecule has 0 aliphatic heterocycles. The minimum absolute atomic E-state index is 0.460. The van der Waals surface area contributed by atoms with Crippen molar-refractivity contribution >= 4 is 28.7 Å². The fraction of sp³-hybridized carbons (Fsp3) is 0.0233. The Labute approximate surface area is 268 Å². The van der Waals surface area contributed by atoms with Crippen LogP contribution in [-0.2, 0) is 5.41 Å². The minimum atomic E-state index is -0.460.